The molecule has 0 aliphatic rings. The molecule has 3 N–H and O–H groups in total. The third-order valence-electron chi connectivity index (χ3n) is 3.83. The SMILES string of the molecule is COc1cccc(C(=O)O)c1NC(=O)c1cccc(OC)c1NC(=O)OC(C)(C)C. The summed E-state index contributed by atoms with van der Waals surface area (Å²) in [5.41, 5.74) is -0.778. The van der Waals surface area contributed by atoms with Crippen molar-refractivity contribution in [2.24, 2.45) is 0 Å². The van der Waals surface area contributed by atoms with E-state index in [9.17, 15) is 19.5 Å². The lowest BCUT2D eigenvalue weighted by Gasteiger charge is -2.21. The predicted molar refractivity (Wildman–Crippen MR) is 111 cm³/mol. The number of amides is 2. The van der Waals surface area contributed by atoms with Gasteiger partial charge in [0.15, 0.2) is 0 Å². The summed E-state index contributed by atoms with van der Waals surface area (Å²) in [6.07, 6.45) is -0.774. The highest BCUT2D eigenvalue weighted by Crippen LogP contribution is 2.32. The van der Waals surface area contributed by atoms with Gasteiger partial charge in [-0.3, -0.25) is 10.1 Å². The van der Waals surface area contributed by atoms with Crippen LogP contribution < -0.4 is 20.1 Å². The molecule has 0 bridgehead atoms. The molecule has 0 heterocycles. The number of methoxy groups -OCH3 is 2. The van der Waals surface area contributed by atoms with Gasteiger partial charge in [-0.05, 0) is 45.0 Å². The largest absolute Gasteiger partial charge is 0.495 e. The zero-order valence-corrected chi connectivity index (χ0v) is 17.4. The number of hydrogen-bond acceptors (Lipinski definition) is 6. The second kappa shape index (κ2) is 9.17. The van der Waals surface area contributed by atoms with E-state index in [0.717, 1.165) is 0 Å². The highest BCUT2D eigenvalue weighted by Gasteiger charge is 2.24. The van der Waals surface area contributed by atoms with Crippen LogP contribution in [0.4, 0.5) is 16.2 Å². The number of para-hydroxylation sites is 2. The normalized spacial score (nSPS) is 10.7. The fraction of sp³-hybridized carbons (Fsp3) is 0.286. The van der Waals surface area contributed by atoms with Gasteiger partial charge in [-0.15, -0.1) is 0 Å². The van der Waals surface area contributed by atoms with Crippen LogP contribution in [0.5, 0.6) is 11.5 Å². The quantitative estimate of drug-likeness (QED) is 0.650. The molecular formula is C21H24N2O7. The Balaban J connectivity index is 2.44. The highest BCUT2D eigenvalue weighted by molar-refractivity contribution is 6.13. The first-order chi connectivity index (χ1) is 14.1. The van der Waals surface area contributed by atoms with Crippen LogP contribution in [-0.4, -0.2) is 42.9 Å². The van der Waals surface area contributed by atoms with E-state index in [4.69, 9.17) is 14.2 Å². The maximum atomic E-state index is 13.0. The van der Waals surface area contributed by atoms with Gasteiger partial charge in [0.1, 0.15) is 17.1 Å². The number of hydrogen-bond donors (Lipinski definition) is 3. The van der Waals surface area contributed by atoms with Crippen LogP contribution >= 0.6 is 0 Å². The van der Waals surface area contributed by atoms with Crippen LogP contribution in [0.2, 0.25) is 0 Å². The summed E-state index contributed by atoms with van der Waals surface area (Å²) < 4.78 is 15.7. The molecule has 160 valence electrons. The van der Waals surface area contributed by atoms with Crippen LogP contribution in [-0.2, 0) is 4.74 Å². The van der Waals surface area contributed by atoms with Crippen LogP contribution in [0.1, 0.15) is 41.5 Å². The Bertz CT molecular complexity index is 964. The average molecular weight is 416 g/mol. The molecule has 0 radical (unpaired) electrons. The van der Waals surface area contributed by atoms with Gasteiger partial charge in [0.2, 0.25) is 0 Å². The Morgan fingerprint density at radius 2 is 1.33 bits per heavy atom. The minimum absolute atomic E-state index is 0.0106. The van der Waals surface area contributed by atoms with Gasteiger partial charge in [-0.25, -0.2) is 9.59 Å². The van der Waals surface area contributed by atoms with Crippen LogP contribution in [0.15, 0.2) is 36.4 Å². The van der Waals surface area contributed by atoms with E-state index in [1.54, 1.807) is 32.9 Å². The maximum absolute atomic E-state index is 13.0. The Hall–Kier alpha value is -3.75. The van der Waals surface area contributed by atoms with E-state index in [-0.39, 0.29) is 34.0 Å². The molecule has 0 aromatic heterocycles. The standard InChI is InChI=1S/C21H24N2O7/c1-21(2,3)30-20(27)23-16-12(8-6-10-14(16)28-4)18(24)22-17-13(19(25)26)9-7-11-15(17)29-5/h6-11H,1-5H3,(H,22,24)(H,23,27)(H,25,26). The van der Waals surface area contributed by atoms with Crippen molar-refractivity contribution in [3.8, 4) is 11.5 Å². The summed E-state index contributed by atoms with van der Waals surface area (Å²) in [6.45, 7) is 5.12. The number of carboxylic acid groups (broad SMARTS) is 1. The lowest BCUT2D eigenvalue weighted by Crippen LogP contribution is -2.28. The zero-order valence-electron chi connectivity index (χ0n) is 17.4. The number of carbonyl (C=O) groups excluding carboxylic acids is 2. The number of aromatic carboxylic acids is 1. The minimum Gasteiger partial charge on any atom is -0.495 e. The van der Waals surface area contributed by atoms with E-state index in [2.05, 4.69) is 10.6 Å². The number of benzene rings is 2. The van der Waals surface area contributed by atoms with Gasteiger partial charge in [-0.2, -0.15) is 0 Å². The maximum Gasteiger partial charge on any atom is 0.412 e. The van der Waals surface area contributed by atoms with Crippen LogP contribution in [0.25, 0.3) is 0 Å². The van der Waals surface area contributed by atoms with E-state index in [1.165, 1.54) is 38.5 Å². The lowest BCUT2D eigenvalue weighted by molar-refractivity contribution is 0.0633. The summed E-state index contributed by atoms with van der Waals surface area (Å²) in [7, 11) is 2.75. The van der Waals surface area contributed by atoms with Crippen molar-refractivity contribution in [1.29, 1.82) is 0 Å². The molecule has 2 amide bonds. The monoisotopic (exact) mass is 416 g/mol. The highest BCUT2D eigenvalue weighted by atomic mass is 16.6. The molecule has 9 heteroatoms. The first-order valence-corrected chi connectivity index (χ1v) is 8.96. The molecule has 0 saturated heterocycles. The Labute approximate surface area is 173 Å². The van der Waals surface area contributed by atoms with E-state index < -0.39 is 23.6 Å². The smallest absolute Gasteiger partial charge is 0.412 e. The molecule has 9 nitrogen and oxygen atoms in total. The van der Waals surface area contributed by atoms with Gasteiger partial charge in [0.25, 0.3) is 5.91 Å². The second-order valence-electron chi connectivity index (χ2n) is 7.15. The summed E-state index contributed by atoms with van der Waals surface area (Å²) in [6, 6.07) is 8.95. The number of carbonyl (C=O) groups is 3. The Morgan fingerprint density at radius 3 is 1.80 bits per heavy atom. The number of ether oxygens (including phenoxy) is 3. The van der Waals surface area contributed by atoms with Crippen molar-refractivity contribution < 1.29 is 33.7 Å². The van der Waals surface area contributed by atoms with Gasteiger partial charge in [0, 0.05) is 0 Å². The van der Waals surface area contributed by atoms with E-state index >= 15 is 0 Å². The fourth-order valence-corrected chi connectivity index (χ4v) is 2.61. The van der Waals surface area contributed by atoms with Crippen molar-refractivity contribution >= 4 is 29.3 Å². The number of nitrogens with one attached hydrogen (secondary N) is 2. The van der Waals surface area contributed by atoms with Gasteiger partial charge >= 0.3 is 12.1 Å². The summed E-state index contributed by atoms with van der Waals surface area (Å²) >= 11 is 0. The van der Waals surface area contributed by atoms with Crippen molar-refractivity contribution in [3.05, 3.63) is 47.5 Å². The van der Waals surface area contributed by atoms with Gasteiger partial charge < -0.3 is 24.6 Å². The molecule has 2 aromatic carbocycles. The van der Waals surface area contributed by atoms with Crippen LogP contribution in [0, 0.1) is 0 Å². The molecule has 0 saturated carbocycles. The van der Waals surface area contributed by atoms with Crippen molar-refractivity contribution in [1.82, 2.24) is 0 Å². The first kappa shape index (κ1) is 22.5. The Morgan fingerprint density at radius 1 is 0.833 bits per heavy atom. The molecule has 30 heavy (non-hydrogen) atoms. The lowest BCUT2D eigenvalue weighted by atomic mass is 10.1. The van der Waals surface area contributed by atoms with E-state index in [1.807, 2.05) is 0 Å². The van der Waals surface area contributed by atoms with E-state index in [0.29, 0.717) is 0 Å². The summed E-state index contributed by atoms with van der Waals surface area (Å²) in [4.78, 5) is 36.8. The third kappa shape index (κ3) is 5.40. The molecule has 0 atom stereocenters. The van der Waals surface area contributed by atoms with Crippen molar-refractivity contribution in [2.75, 3.05) is 24.9 Å². The second-order valence-corrected chi connectivity index (χ2v) is 7.15. The number of carboxylic acids is 1. The summed E-state index contributed by atoms with van der Waals surface area (Å²) in [5, 5.41) is 14.5. The Kier molecular flexibility index (Phi) is 6.89. The number of rotatable bonds is 6. The topological polar surface area (TPSA) is 123 Å². The molecule has 0 aliphatic heterocycles. The van der Waals surface area contributed by atoms with Gasteiger partial charge in [-0.1, -0.05) is 12.1 Å². The van der Waals surface area contributed by atoms with Crippen molar-refractivity contribution in [3.63, 3.8) is 0 Å². The molecule has 0 unspecified atom stereocenters. The van der Waals surface area contributed by atoms with Crippen molar-refractivity contribution in [2.45, 2.75) is 26.4 Å². The molecule has 2 rings (SSSR count). The molecule has 2 aromatic rings. The molecular weight excluding hydrogens is 392 g/mol. The summed E-state index contributed by atoms with van der Waals surface area (Å²) in [5.74, 6) is -1.51. The predicted octanol–water partition coefficient (Wildman–Crippen LogP) is 4.00. The number of anilines is 2. The molecule has 0 spiro atoms. The average Bonchev–Trinajstić information content (AvgIpc) is 2.66. The third-order valence-corrected chi connectivity index (χ3v) is 3.83. The fourth-order valence-electron chi connectivity index (χ4n) is 2.61. The zero-order chi connectivity index (χ0) is 22.5. The first-order valence-electron chi connectivity index (χ1n) is 8.96. The molecule has 0 aliphatic carbocycles. The van der Waals surface area contributed by atoms with Crippen LogP contribution in [0.3, 0.4) is 0 Å². The van der Waals surface area contributed by atoms with Gasteiger partial charge in [0.05, 0.1) is 36.7 Å². The molecule has 0 fully saturated rings. The minimum atomic E-state index is -1.23.